The zero-order chi connectivity index (χ0) is 17.0. The minimum Gasteiger partial charge on any atom is -0.493 e. The number of ether oxygens (including phenoxy) is 3. The molecular formula is C19H23NO3. The normalized spacial score (nSPS) is 10.1. The van der Waals surface area contributed by atoms with Crippen molar-refractivity contribution in [2.75, 3.05) is 40.3 Å². The van der Waals surface area contributed by atoms with Crippen LogP contribution in [-0.2, 0) is 0 Å². The molecule has 4 nitrogen and oxygen atoms in total. The third-order valence-corrected chi connectivity index (χ3v) is 3.75. The lowest BCUT2D eigenvalue weighted by Gasteiger charge is -2.16. The Morgan fingerprint density at radius 1 is 0.826 bits per heavy atom. The Kier molecular flexibility index (Phi) is 5.16. The number of hydrogen-bond acceptors (Lipinski definition) is 4. The van der Waals surface area contributed by atoms with Crippen LogP contribution in [0.3, 0.4) is 0 Å². The molecule has 2 aromatic rings. The summed E-state index contributed by atoms with van der Waals surface area (Å²) in [5.41, 5.74) is 4.02. The number of nitrogens with zero attached hydrogens (tertiary/aromatic N) is 1. The van der Waals surface area contributed by atoms with Gasteiger partial charge in [-0.2, -0.15) is 0 Å². The van der Waals surface area contributed by atoms with E-state index in [1.54, 1.807) is 21.3 Å². The molecule has 0 aromatic heterocycles. The van der Waals surface area contributed by atoms with Crippen molar-refractivity contribution < 1.29 is 14.2 Å². The van der Waals surface area contributed by atoms with Gasteiger partial charge >= 0.3 is 0 Å². The smallest absolute Gasteiger partial charge is 0.203 e. The summed E-state index contributed by atoms with van der Waals surface area (Å²) in [5, 5.41) is 0. The summed E-state index contributed by atoms with van der Waals surface area (Å²) >= 11 is 0. The fourth-order valence-corrected chi connectivity index (χ4v) is 2.38. The number of methoxy groups -OCH3 is 3. The number of hydrogen-bond donors (Lipinski definition) is 0. The number of rotatable bonds is 6. The summed E-state index contributed by atoms with van der Waals surface area (Å²) in [5.74, 6) is 1.82. The fraction of sp³-hybridized carbons (Fsp3) is 0.263. The molecule has 0 atom stereocenters. The van der Waals surface area contributed by atoms with Gasteiger partial charge in [0.25, 0.3) is 0 Å². The fourth-order valence-electron chi connectivity index (χ4n) is 2.38. The van der Waals surface area contributed by atoms with Crippen molar-refractivity contribution in [2.45, 2.75) is 0 Å². The van der Waals surface area contributed by atoms with Gasteiger partial charge in [0.15, 0.2) is 11.5 Å². The topological polar surface area (TPSA) is 30.9 Å². The van der Waals surface area contributed by atoms with Crippen molar-refractivity contribution in [3.05, 3.63) is 54.1 Å². The third-order valence-electron chi connectivity index (χ3n) is 3.75. The van der Waals surface area contributed by atoms with E-state index in [1.165, 1.54) is 0 Å². The molecule has 2 aromatic carbocycles. The van der Waals surface area contributed by atoms with Gasteiger partial charge in [0.2, 0.25) is 5.75 Å². The Morgan fingerprint density at radius 3 is 1.74 bits per heavy atom. The van der Waals surface area contributed by atoms with Crippen molar-refractivity contribution in [2.24, 2.45) is 0 Å². The van der Waals surface area contributed by atoms with E-state index < -0.39 is 0 Å². The molecule has 0 aliphatic rings. The first-order chi connectivity index (χ1) is 11.0. The van der Waals surface area contributed by atoms with Crippen molar-refractivity contribution in [1.82, 2.24) is 0 Å². The van der Waals surface area contributed by atoms with E-state index in [0.717, 1.165) is 22.4 Å². The number of anilines is 1. The first-order valence-corrected chi connectivity index (χ1v) is 7.28. The summed E-state index contributed by atoms with van der Waals surface area (Å²) in [7, 11) is 8.84. The molecule has 0 aliphatic carbocycles. The molecule has 0 spiro atoms. The molecule has 4 heteroatoms. The SMILES string of the molecule is C=C(c1ccc(N(C)C)cc1)c1cc(OC)c(OC)c(OC)c1. The van der Waals surface area contributed by atoms with Crippen LogP contribution in [0.15, 0.2) is 43.0 Å². The second-order valence-corrected chi connectivity index (χ2v) is 5.33. The average molecular weight is 313 g/mol. The van der Waals surface area contributed by atoms with Crippen LogP contribution >= 0.6 is 0 Å². The first kappa shape index (κ1) is 16.7. The summed E-state index contributed by atoms with van der Waals surface area (Å²) in [6.45, 7) is 4.21. The molecule has 0 fully saturated rings. The van der Waals surface area contributed by atoms with Gasteiger partial charge in [-0.1, -0.05) is 18.7 Å². The van der Waals surface area contributed by atoms with E-state index in [1.807, 2.05) is 26.2 Å². The number of benzene rings is 2. The Bertz CT molecular complexity index is 665. The van der Waals surface area contributed by atoms with E-state index in [2.05, 4.69) is 35.7 Å². The van der Waals surface area contributed by atoms with Gasteiger partial charge in [0, 0.05) is 19.8 Å². The Hall–Kier alpha value is -2.62. The summed E-state index contributed by atoms with van der Waals surface area (Å²) in [6.07, 6.45) is 0. The highest BCUT2D eigenvalue weighted by atomic mass is 16.5. The molecule has 122 valence electrons. The van der Waals surface area contributed by atoms with Crippen LogP contribution in [0.2, 0.25) is 0 Å². The van der Waals surface area contributed by atoms with Gasteiger partial charge < -0.3 is 19.1 Å². The van der Waals surface area contributed by atoms with E-state index >= 15 is 0 Å². The lowest BCUT2D eigenvalue weighted by Crippen LogP contribution is -2.08. The van der Waals surface area contributed by atoms with Gasteiger partial charge in [-0.3, -0.25) is 0 Å². The highest BCUT2D eigenvalue weighted by Crippen LogP contribution is 2.40. The average Bonchev–Trinajstić information content (AvgIpc) is 2.59. The summed E-state index contributed by atoms with van der Waals surface area (Å²) in [4.78, 5) is 2.06. The molecular weight excluding hydrogens is 290 g/mol. The van der Waals surface area contributed by atoms with E-state index in [9.17, 15) is 0 Å². The van der Waals surface area contributed by atoms with Crippen molar-refractivity contribution in [3.63, 3.8) is 0 Å². The Labute approximate surface area is 137 Å². The van der Waals surface area contributed by atoms with Crippen molar-refractivity contribution in [3.8, 4) is 17.2 Å². The second kappa shape index (κ2) is 7.09. The van der Waals surface area contributed by atoms with Gasteiger partial charge in [-0.05, 0) is 41.0 Å². The Balaban J connectivity index is 2.42. The molecule has 0 radical (unpaired) electrons. The molecule has 0 saturated carbocycles. The molecule has 0 saturated heterocycles. The molecule has 0 amide bonds. The molecule has 0 heterocycles. The van der Waals surface area contributed by atoms with Crippen LogP contribution in [0, 0.1) is 0 Å². The van der Waals surface area contributed by atoms with Crippen LogP contribution in [0.4, 0.5) is 5.69 Å². The maximum atomic E-state index is 5.40. The minimum atomic E-state index is 0.578. The maximum absolute atomic E-state index is 5.40. The van der Waals surface area contributed by atoms with Crippen LogP contribution < -0.4 is 19.1 Å². The highest BCUT2D eigenvalue weighted by Gasteiger charge is 2.15. The van der Waals surface area contributed by atoms with Gasteiger partial charge in [0.1, 0.15) is 0 Å². The van der Waals surface area contributed by atoms with Gasteiger partial charge in [-0.25, -0.2) is 0 Å². The van der Waals surface area contributed by atoms with Crippen LogP contribution in [-0.4, -0.2) is 35.4 Å². The molecule has 0 bridgehead atoms. The maximum Gasteiger partial charge on any atom is 0.203 e. The lowest BCUT2D eigenvalue weighted by atomic mass is 9.98. The predicted octanol–water partition coefficient (Wildman–Crippen LogP) is 3.84. The second-order valence-electron chi connectivity index (χ2n) is 5.33. The minimum absolute atomic E-state index is 0.578. The lowest BCUT2D eigenvalue weighted by molar-refractivity contribution is 0.324. The quantitative estimate of drug-likeness (QED) is 0.811. The van der Waals surface area contributed by atoms with Crippen molar-refractivity contribution in [1.29, 1.82) is 0 Å². The van der Waals surface area contributed by atoms with Gasteiger partial charge in [0.05, 0.1) is 21.3 Å². The highest BCUT2D eigenvalue weighted by molar-refractivity contribution is 5.81. The molecule has 2 rings (SSSR count). The van der Waals surface area contributed by atoms with E-state index in [4.69, 9.17) is 14.2 Å². The summed E-state index contributed by atoms with van der Waals surface area (Å²) in [6, 6.07) is 12.1. The van der Waals surface area contributed by atoms with Crippen LogP contribution in [0.5, 0.6) is 17.2 Å². The van der Waals surface area contributed by atoms with Crippen LogP contribution in [0.1, 0.15) is 11.1 Å². The molecule has 23 heavy (non-hydrogen) atoms. The molecule has 0 aliphatic heterocycles. The molecule has 0 unspecified atom stereocenters. The monoisotopic (exact) mass is 313 g/mol. The predicted molar refractivity (Wildman–Crippen MR) is 95.0 cm³/mol. The first-order valence-electron chi connectivity index (χ1n) is 7.28. The zero-order valence-electron chi connectivity index (χ0n) is 14.3. The Morgan fingerprint density at radius 2 is 1.35 bits per heavy atom. The largest absolute Gasteiger partial charge is 0.493 e. The molecule has 0 N–H and O–H groups in total. The van der Waals surface area contributed by atoms with Gasteiger partial charge in [-0.15, -0.1) is 0 Å². The zero-order valence-corrected chi connectivity index (χ0v) is 14.3. The van der Waals surface area contributed by atoms with E-state index in [0.29, 0.717) is 17.2 Å². The third kappa shape index (κ3) is 3.42. The van der Waals surface area contributed by atoms with E-state index in [-0.39, 0.29) is 0 Å². The van der Waals surface area contributed by atoms with Crippen molar-refractivity contribution >= 4 is 11.3 Å². The van der Waals surface area contributed by atoms with Crippen LogP contribution in [0.25, 0.3) is 5.57 Å². The summed E-state index contributed by atoms with van der Waals surface area (Å²) < 4.78 is 16.2. The standard InChI is InChI=1S/C19H23NO3/c1-13(14-7-9-16(10-8-14)20(2)3)15-11-17(21-4)19(23-6)18(12-15)22-5/h7-12H,1H2,2-6H3.